The van der Waals surface area contributed by atoms with Gasteiger partial charge in [0.05, 0.1) is 0 Å². The van der Waals surface area contributed by atoms with E-state index in [0.717, 1.165) is 24.6 Å². The summed E-state index contributed by atoms with van der Waals surface area (Å²) in [6, 6.07) is 6.71. The van der Waals surface area contributed by atoms with Gasteiger partial charge < -0.3 is 20.5 Å². The molecule has 1 aromatic rings. The van der Waals surface area contributed by atoms with Gasteiger partial charge >= 0.3 is 0 Å². The first-order chi connectivity index (χ1) is 9.36. The molecule has 2 atom stereocenters. The zero-order valence-electron chi connectivity index (χ0n) is 11.2. The second kappa shape index (κ2) is 5.80. The topological polar surface area (TPSA) is 56.5 Å². The molecule has 0 spiro atoms. The number of hydrogen-bond donors (Lipinski definition) is 2. The van der Waals surface area contributed by atoms with Crippen molar-refractivity contribution in [2.75, 3.05) is 13.3 Å². The summed E-state index contributed by atoms with van der Waals surface area (Å²) in [7, 11) is 0. The van der Waals surface area contributed by atoms with Crippen LogP contribution in [0.25, 0.3) is 0 Å². The van der Waals surface area contributed by atoms with E-state index in [0.29, 0.717) is 18.8 Å². The predicted molar refractivity (Wildman–Crippen MR) is 74.2 cm³/mol. The molecule has 3 N–H and O–H groups in total. The van der Waals surface area contributed by atoms with Crippen LogP contribution in [0, 0.1) is 5.92 Å². The predicted octanol–water partition coefficient (Wildman–Crippen LogP) is 2.02. The first-order valence-corrected chi connectivity index (χ1v) is 7.19. The summed E-state index contributed by atoms with van der Waals surface area (Å²) >= 11 is 0. The number of fused-ring (bicyclic) bond motifs is 1. The van der Waals surface area contributed by atoms with E-state index in [1.165, 1.54) is 31.2 Å². The highest BCUT2D eigenvalue weighted by atomic mass is 16.7. The van der Waals surface area contributed by atoms with Gasteiger partial charge in [-0.15, -0.1) is 0 Å². The molecule has 1 saturated carbocycles. The minimum atomic E-state index is 0.337. The summed E-state index contributed by atoms with van der Waals surface area (Å²) in [6.07, 6.45) is 5.14. The van der Waals surface area contributed by atoms with Crippen molar-refractivity contribution in [2.45, 2.75) is 38.3 Å². The van der Waals surface area contributed by atoms with Crippen LogP contribution in [0.15, 0.2) is 18.2 Å². The highest BCUT2D eigenvalue weighted by Crippen LogP contribution is 2.32. The van der Waals surface area contributed by atoms with Crippen molar-refractivity contribution in [3.05, 3.63) is 23.8 Å². The maximum atomic E-state index is 5.86. The first-order valence-electron chi connectivity index (χ1n) is 7.19. The van der Waals surface area contributed by atoms with E-state index in [-0.39, 0.29) is 0 Å². The third-order valence-corrected chi connectivity index (χ3v) is 4.22. The molecule has 2 unspecified atom stereocenters. The Kier molecular flexibility index (Phi) is 3.89. The number of benzene rings is 1. The summed E-state index contributed by atoms with van der Waals surface area (Å²) in [5.74, 6) is 2.34. The van der Waals surface area contributed by atoms with Crippen LogP contribution in [0.4, 0.5) is 0 Å². The van der Waals surface area contributed by atoms with Gasteiger partial charge in [-0.05, 0) is 43.0 Å². The fraction of sp³-hybridized carbons (Fsp3) is 0.600. The molecule has 19 heavy (non-hydrogen) atoms. The van der Waals surface area contributed by atoms with Crippen molar-refractivity contribution in [2.24, 2.45) is 11.7 Å². The normalized spacial score (nSPS) is 25.5. The molecule has 0 saturated heterocycles. The number of rotatable bonds is 4. The molecule has 1 aliphatic heterocycles. The van der Waals surface area contributed by atoms with Gasteiger partial charge in [0.1, 0.15) is 0 Å². The zero-order chi connectivity index (χ0) is 13.1. The van der Waals surface area contributed by atoms with Crippen LogP contribution in [0.1, 0.15) is 31.2 Å². The molecule has 0 radical (unpaired) electrons. The van der Waals surface area contributed by atoms with E-state index in [1.54, 1.807) is 0 Å². The molecule has 3 rings (SSSR count). The molecular weight excluding hydrogens is 240 g/mol. The molecule has 4 nitrogen and oxygen atoms in total. The van der Waals surface area contributed by atoms with Crippen LogP contribution in [0.3, 0.4) is 0 Å². The highest BCUT2D eigenvalue weighted by Gasteiger charge is 2.23. The third-order valence-electron chi connectivity index (χ3n) is 4.22. The summed E-state index contributed by atoms with van der Waals surface area (Å²) in [6.45, 7) is 2.00. The monoisotopic (exact) mass is 262 g/mol. The van der Waals surface area contributed by atoms with Crippen LogP contribution in [0.2, 0.25) is 0 Å². The van der Waals surface area contributed by atoms with Crippen molar-refractivity contribution >= 4 is 0 Å². The number of hydrogen-bond acceptors (Lipinski definition) is 4. The van der Waals surface area contributed by atoms with Gasteiger partial charge in [0.25, 0.3) is 0 Å². The molecule has 1 heterocycles. The van der Waals surface area contributed by atoms with Crippen LogP contribution >= 0.6 is 0 Å². The Bertz CT molecular complexity index is 436. The van der Waals surface area contributed by atoms with Crippen molar-refractivity contribution in [1.82, 2.24) is 5.32 Å². The second-order valence-corrected chi connectivity index (χ2v) is 5.46. The Morgan fingerprint density at radius 2 is 2.00 bits per heavy atom. The maximum absolute atomic E-state index is 5.86. The third kappa shape index (κ3) is 2.85. The molecule has 104 valence electrons. The van der Waals surface area contributed by atoms with E-state index in [9.17, 15) is 0 Å². The average Bonchev–Trinajstić information content (AvgIpc) is 2.93. The average molecular weight is 262 g/mol. The minimum Gasteiger partial charge on any atom is -0.454 e. The molecule has 4 heteroatoms. The van der Waals surface area contributed by atoms with Crippen LogP contribution in [-0.4, -0.2) is 19.4 Å². The van der Waals surface area contributed by atoms with Gasteiger partial charge in [0.2, 0.25) is 6.79 Å². The van der Waals surface area contributed by atoms with Crippen molar-refractivity contribution in [3.63, 3.8) is 0 Å². The van der Waals surface area contributed by atoms with E-state index in [2.05, 4.69) is 17.4 Å². The minimum absolute atomic E-state index is 0.337. The number of nitrogens with two attached hydrogens (primary N) is 1. The van der Waals surface area contributed by atoms with Gasteiger partial charge in [0, 0.05) is 12.6 Å². The molecule has 1 aliphatic carbocycles. The number of nitrogens with one attached hydrogen (secondary N) is 1. The smallest absolute Gasteiger partial charge is 0.231 e. The fourth-order valence-corrected chi connectivity index (χ4v) is 3.06. The van der Waals surface area contributed by atoms with Crippen LogP contribution < -0.4 is 20.5 Å². The Morgan fingerprint density at radius 1 is 1.16 bits per heavy atom. The molecule has 1 aromatic carbocycles. The van der Waals surface area contributed by atoms with Crippen LogP contribution in [0.5, 0.6) is 11.5 Å². The van der Waals surface area contributed by atoms with Gasteiger partial charge in [-0.2, -0.15) is 0 Å². The van der Waals surface area contributed by atoms with E-state index in [1.807, 2.05) is 6.07 Å². The fourth-order valence-electron chi connectivity index (χ4n) is 3.06. The maximum Gasteiger partial charge on any atom is 0.231 e. The zero-order valence-corrected chi connectivity index (χ0v) is 11.2. The molecule has 0 bridgehead atoms. The first kappa shape index (κ1) is 12.8. The van der Waals surface area contributed by atoms with Crippen molar-refractivity contribution < 1.29 is 9.47 Å². The van der Waals surface area contributed by atoms with Crippen molar-refractivity contribution in [3.8, 4) is 11.5 Å². The Morgan fingerprint density at radius 3 is 2.89 bits per heavy atom. The summed E-state index contributed by atoms with van der Waals surface area (Å²) < 4.78 is 10.7. The summed E-state index contributed by atoms with van der Waals surface area (Å²) in [5.41, 5.74) is 7.10. The van der Waals surface area contributed by atoms with Crippen LogP contribution in [-0.2, 0) is 6.54 Å². The SMILES string of the molecule is NCC1CCCCC1NCc1ccc2c(c1)OCO2. The second-order valence-electron chi connectivity index (χ2n) is 5.46. The summed E-state index contributed by atoms with van der Waals surface area (Å²) in [4.78, 5) is 0. The quantitative estimate of drug-likeness (QED) is 0.871. The molecule has 0 aromatic heterocycles. The Balaban J connectivity index is 1.59. The molecule has 1 fully saturated rings. The largest absolute Gasteiger partial charge is 0.454 e. The standard InChI is InChI=1S/C15H22N2O2/c16-8-12-3-1-2-4-13(12)17-9-11-5-6-14-15(7-11)19-10-18-14/h5-7,12-13,17H,1-4,8-10,16H2. The Labute approximate surface area is 114 Å². The Hall–Kier alpha value is -1.26. The number of ether oxygens (including phenoxy) is 2. The lowest BCUT2D eigenvalue weighted by Gasteiger charge is -2.31. The summed E-state index contributed by atoms with van der Waals surface area (Å²) in [5, 5.41) is 3.65. The lowest BCUT2D eigenvalue weighted by atomic mass is 9.84. The van der Waals surface area contributed by atoms with Crippen molar-refractivity contribution in [1.29, 1.82) is 0 Å². The van der Waals surface area contributed by atoms with Gasteiger partial charge in [0.15, 0.2) is 11.5 Å². The molecule has 2 aliphatic rings. The van der Waals surface area contributed by atoms with E-state index in [4.69, 9.17) is 15.2 Å². The van der Waals surface area contributed by atoms with Gasteiger partial charge in [-0.25, -0.2) is 0 Å². The molecule has 0 amide bonds. The van der Waals surface area contributed by atoms with Gasteiger partial charge in [-0.3, -0.25) is 0 Å². The molecular formula is C15H22N2O2. The van der Waals surface area contributed by atoms with E-state index < -0.39 is 0 Å². The lowest BCUT2D eigenvalue weighted by molar-refractivity contribution is 0.174. The lowest BCUT2D eigenvalue weighted by Crippen LogP contribution is -2.41. The van der Waals surface area contributed by atoms with E-state index >= 15 is 0 Å². The van der Waals surface area contributed by atoms with Gasteiger partial charge in [-0.1, -0.05) is 18.9 Å². The highest BCUT2D eigenvalue weighted by molar-refractivity contribution is 5.44.